The fourth-order valence-electron chi connectivity index (χ4n) is 6.49. The molecule has 4 nitrogen and oxygen atoms in total. The Morgan fingerprint density at radius 1 is 0.686 bits per heavy atom. The number of aromatic nitrogens is 4. The first-order valence-electron chi connectivity index (χ1n) is 12.0. The molecule has 0 aliphatic heterocycles. The van der Waals surface area contributed by atoms with Crippen LogP contribution in [0.25, 0.3) is 60.7 Å². The van der Waals surface area contributed by atoms with E-state index in [4.69, 9.17) is 9.97 Å². The van der Waals surface area contributed by atoms with Crippen LogP contribution >= 0.6 is 0 Å². The van der Waals surface area contributed by atoms with Crippen LogP contribution in [0.1, 0.15) is 22.3 Å². The standard InChI is InChI=1S/C31H18N4/c1-2-5-20-17(4-1)12-18-13-19-14-25-21(24(19)15-23(18)20)7-8-22-29(25)31-34-26-16-32-11-9-27(26)35(31)28-6-3-10-33-30(22)28/h1-11,13,15-16H,12,14H2. The van der Waals surface area contributed by atoms with Crippen molar-refractivity contribution < 1.29 is 0 Å². The maximum atomic E-state index is 5.10. The maximum Gasteiger partial charge on any atom is 0.146 e. The topological polar surface area (TPSA) is 43.1 Å². The van der Waals surface area contributed by atoms with Crippen LogP contribution in [0.5, 0.6) is 0 Å². The highest BCUT2D eigenvalue weighted by Gasteiger charge is 2.28. The Balaban J connectivity index is 1.41. The molecule has 7 aromatic rings. The van der Waals surface area contributed by atoms with E-state index in [1.807, 2.05) is 30.7 Å². The molecule has 2 aliphatic carbocycles. The van der Waals surface area contributed by atoms with Gasteiger partial charge >= 0.3 is 0 Å². The summed E-state index contributed by atoms with van der Waals surface area (Å²) < 4.78 is 2.27. The lowest BCUT2D eigenvalue weighted by atomic mass is 9.96. The fraction of sp³-hybridized carbons (Fsp3) is 0.0645. The summed E-state index contributed by atoms with van der Waals surface area (Å²) in [6, 6.07) is 24.4. The first-order valence-corrected chi connectivity index (χ1v) is 12.0. The van der Waals surface area contributed by atoms with Crippen molar-refractivity contribution in [2.45, 2.75) is 12.8 Å². The minimum Gasteiger partial charge on any atom is -0.290 e. The largest absolute Gasteiger partial charge is 0.290 e. The Hall–Kier alpha value is -4.57. The zero-order valence-corrected chi connectivity index (χ0v) is 18.8. The highest BCUT2D eigenvalue weighted by Crippen LogP contribution is 2.47. The van der Waals surface area contributed by atoms with E-state index in [2.05, 4.69) is 64.0 Å². The fourth-order valence-corrected chi connectivity index (χ4v) is 6.49. The average molecular weight is 447 g/mol. The SMILES string of the molecule is c1ccc2c(c1)Cc1cc3c(cc1-2)-c1ccc2c4ncccc4n4c5ccncc5nc4c2c1C3. The van der Waals surface area contributed by atoms with E-state index in [0.717, 1.165) is 40.6 Å². The third-order valence-electron chi connectivity index (χ3n) is 7.95. The monoisotopic (exact) mass is 446 g/mol. The summed E-state index contributed by atoms with van der Waals surface area (Å²) in [6.07, 6.45) is 7.52. The van der Waals surface area contributed by atoms with E-state index >= 15 is 0 Å². The molecule has 35 heavy (non-hydrogen) atoms. The van der Waals surface area contributed by atoms with Crippen molar-refractivity contribution in [3.63, 3.8) is 0 Å². The maximum absolute atomic E-state index is 5.10. The van der Waals surface area contributed by atoms with Crippen LogP contribution in [0.15, 0.2) is 85.3 Å². The molecule has 0 spiro atoms. The lowest BCUT2D eigenvalue weighted by Gasteiger charge is -2.12. The highest BCUT2D eigenvalue weighted by atomic mass is 15.0. The Morgan fingerprint density at radius 2 is 1.60 bits per heavy atom. The number of pyridine rings is 3. The summed E-state index contributed by atoms with van der Waals surface area (Å²) >= 11 is 0. The number of hydrogen-bond donors (Lipinski definition) is 0. The van der Waals surface area contributed by atoms with Gasteiger partial charge in [-0.2, -0.15) is 0 Å². The molecule has 3 aromatic carbocycles. The smallest absolute Gasteiger partial charge is 0.146 e. The Labute approximate surface area is 200 Å². The quantitative estimate of drug-likeness (QED) is 0.243. The third-order valence-corrected chi connectivity index (χ3v) is 7.95. The van der Waals surface area contributed by atoms with Gasteiger partial charge in [0.05, 0.1) is 22.7 Å². The van der Waals surface area contributed by atoms with Crippen molar-refractivity contribution in [1.29, 1.82) is 0 Å². The van der Waals surface area contributed by atoms with Gasteiger partial charge < -0.3 is 0 Å². The molecule has 2 aliphatic rings. The summed E-state index contributed by atoms with van der Waals surface area (Å²) in [7, 11) is 0. The number of fused-ring (bicyclic) bond motifs is 15. The van der Waals surface area contributed by atoms with Crippen LogP contribution in [0.3, 0.4) is 0 Å². The summed E-state index contributed by atoms with van der Waals surface area (Å²) in [6.45, 7) is 0. The molecule has 0 saturated carbocycles. The van der Waals surface area contributed by atoms with Crippen LogP contribution in [0, 0.1) is 0 Å². The molecule has 0 atom stereocenters. The van der Waals surface area contributed by atoms with Gasteiger partial charge in [0.25, 0.3) is 0 Å². The Morgan fingerprint density at radius 3 is 2.60 bits per heavy atom. The molecule has 0 fully saturated rings. The molecule has 0 N–H and O–H groups in total. The average Bonchev–Trinajstić information content (AvgIpc) is 3.58. The molecule has 4 heteroatoms. The number of rotatable bonds is 0. The summed E-state index contributed by atoms with van der Waals surface area (Å²) in [5.41, 5.74) is 16.1. The van der Waals surface area contributed by atoms with Gasteiger partial charge in [-0.25, -0.2) is 4.98 Å². The predicted molar refractivity (Wildman–Crippen MR) is 140 cm³/mol. The zero-order valence-electron chi connectivity index (χ0n) is 18.8. The second kappa shape index (κ2) is 6.10. The van der Waals surface area contributed by atoms with Crippen molar-refractivity contribution in [2.75, 3.05) is 0 Å². The van der Waals surface area contributed by atoms with Gasteiger partial charge in [-0.1, -0.05) is 42.5 Å². The lowest BCUT2D eigenvalue weighted by Crippen LogP contribution is -1.96. The van der Waals surface area contributed by atoms with Crippen molar-refractivity contribution in [1.82, 2.24) is 19.4 Å². The van der Waals surface area contributed by atoms with Gasteiger partial charge in [0, 0.05) is 23.2 Å². The predicted octanol–water partition coefficient (Wildman–Crippen LogP) is 6.73. The van der Waals surface area contributed by atoms with Crippen LogP contribution < -0.4 is 0 Å². The highest BCUT2D eigenvalue weighted by molar-refractivity contribution is 6.15. The molecule has 4 heterocycles. The second-order valence-corrected chi connectivity index (χ2v) is 9.70. The molecule has 0 bridgehead atoms. The first-order chi connectivity index (χ1) is 17.3. The van der Waals surface area contributed by atoms with Crippen molar-refractivity contribution >= 4 is 38.5 Å². The lowest BCUT2D eigenvalue weighted by molar-refractivity contribution is 1.22. The van der Waals surface area contributed by atoms with Crippen LogP contribution in [-0.4, -0.2) is 19.4 Å². The first kappa shape index (κ1) is 17.8. The van der Waals surface area contributed by atoms with E-state index in [9.17, 15) is 0 Å². The van der Waals surface area contributed by atoms with Gasteiger partial charge in [0.1, 0.15) is 11.2 Å². The molecule has 9 rings (SSSR count). The van der Waals surface area contributed by atoms with Gasteiger partial charge in [-0.3, -0.25) is 14.4 Å². The zero-order chi connectivity index (χ0) is 22.7. The Kier molecular flexibility index (Phi) is 3.11. The molecular weight excluding hydrogens is 428 g/mol. The molecule has 162 valence electrons. The van der Waals surface area contributed by atoms with E-state index < -0.39 is 0 Å². The van der Waals surface area contributed by atoms with E-state index in [0.29, 0.717) is 0 Å². The van der Waals surface area contributed by atoms with Gasteiger partial charge in [-0.05, 0) is 81.6 Å². The van der Waals surface area contributed by atoms with Gasteiger partial charge in [-0.15, -0.1) is 0 Å². The third kappa shape index (κ3) is 2.15. The van der Waals surface area contributed by atoms with E-state index in [1.54, 1.807) is 0 Å². The molecule has 0 unspecified atom stereocenters. The summed E-state index contributed by atoms with van der Waals surface area (Å²) in [5.74, 6) is 0. The van der Waals surface area contributed by atoms with E-state index in [1.165, 1.54) is 55.3 Å². The number of hydrogen-bond acceptors (Lipinski definition) is 3. The number of benzene rings is 3. The molecular formula is C31H18N4. The normalized spacial score (nSPS) is 13.5. The minimum absolute atomic E-state index is 0.911. The van der Waals surface area contributed by atoms with Crippen LogP contribution in [-0.2, 0) is 12.8 Å². The second-order valence-electron chi connectivity index (χ2n) is 9.70. The molecule has 4 aromatic heterocycles. The molecule has 0 saturated heterocycles. The van der Waals surface area contributed by atoms with Crippen molar-refractivity contribution in [2.24, 2.45) is 0 Å². The van der Waals surface area contributed by atoms with Crippen LogP contribution in [0.4, 0.5) is 0 Å². The molecule has 0 radical (unpaired) electrons. The van der Waals surface area contributed by atoms with Crippen LogP contribution in [0.2, 0.25) is 0 Å². The van der Waals surface area contributed by atoms with Gasteiger partial charge in [0.2, 0.25) is 0 Å². The Bertz CT molecular complexity index is 2070. The minimum atomic E-state index is 0.911. The van der Waals surface area contributed by atoms with Gasteiger partial charge in [0.15, 0.2) is 0 Å². The number of nitrogens with zero attached hydrogens (tertiary/aromatic N) is 4. The van der Waals surface area contributed by atoms with E-state index in [-0.39, 0.29) is 0 Å². The summed E-state index contributed by atoms with van der Waals surface area (Å²) in [5, 5.41) is 2.38. The number of imidazole rings is 1. The molecule has 0 amide bonds. The van der Waals surface area contributed by atoms with Crippen molar-refractivity contribution in [3.8, 4) is 22.3 Å². The summed E-state index contributed by atoms with van der Waals surface area (Å²) in [4.78, 5) is 14.3. The van der Waals surface area contributed by atoms with Crippen molar-refractivity contribution in [3.05, 3.63) is 108 Å².